The maximum Gasteiger partial charge on any atom is 0.418 e. The van der Waals surface area contributed by atoms with Gasteiger partial charge < -0.3 is 15.4 Å². The molecule has 1 amide bonds. The zero-order valence-corrected chi connectivity index (χ0v) is 12.8. The quantitative estimate of drug-likeness (QED) is 0.657. The molecule has 0 unspecified atom stereocenters. The number of fused-ring (bicyclic) bond motifs is 1. The Balaban J connectivity index is 1.71. The van der Waals surface area contributed by atoms with E-state index in [-0.39, 0.29) is 12.1 Å². The van der Waals surface area contributed by atoms with Gasteiger partial charge in [-0.1, -0.05) is 24.3 Å². The number of hydrogen-bond acceptors (Lipinski definition) is 4. The molecule has 0 aliphatic carbocycles. The monoisotopic (exact) mass is 350 g/mol. The van der Waals surface area contributed by atoms with Gasteiger partial charge in [0.15, 0.2) is 5.75 Å². The van der Waals surface area contributed by atoms with Gasteiger partial charge in [0.1, 0.15) is 6.04 Å². The van der Waals surface area contributed by atoms with Crippen molar-refractivity contribution >= 4 is 23.3 Å². The van der Waals surface area contributed by atoms with Crippen LogP contribution in [0.2, 0.25) is 0 Å². The third-order valence-electron chi connectivity index (χ3n) is 3.61. The first kappa shape index (κ1) is 16.8. The number of benzene rings is 2. The summed E-state index contributed by atoms with van der Waals surface area (Å²) in [6.45, 7) is 0. The van der Waals surface area contributed by atoms with Crippen molar-refractivity contribution in [2.75, 3.05) is 10.6 Å². The molecule has 8 heteroatoms. The molecule has 0 spiro atoms. The SMILES string of the molecule is O=C(C[C@@H]1Nc2ccccc2OC1=O)Nc1ccccc1C(F)(F)F. The Morgan fingerprint density at radius 2 is 1.80 bits per heavy atom. The summed E-state index contributed by atoms with van der Waals surface area (Å²) in [5.41, 5.74) is -0.770. The van der Waals surface area contributed by atoms with E-state index in [1.54, 1.807) is 24.3 Å². The summed E-state index contributed by atoms with van der Waals surface area (Å²) in [5.74, 6) is -1.06. The highest BCUT2D eigenvalue weighted by molar-refractivity contribution is 5.97. The Bertz CT molecular complexity index is 821. The van der Waals surface area contributed by atoms with E-state index < -0.39 is 29.7 Å². The first-order valence-electron chi connectivity index (χ1n) is 7.38. The van der Waals surface area contributed by atoms with Crippen LogP contribution < -0.4 is 15.4 Å². The summed E-state index contributed by atoms with van der Waals surface area (Å²) in [7, 11) is 0. The van der Waals surface area contributed by atoms with Gasteiger partial charge in [0.25, 0.3) is 0 Å². The zero-order chi connectivity index (χ0) is 18.0. The highest BCUT2D eigenvalue weighted by Crippen LogP contribution is 2.35. The second-order valence-corrected chi connectivity index (χ2v) is 5.41. The van der Waals surface area contributed by atoms with E-state index in [1.165, 1.54) is 12.1 Å². The van der Waals surface area contributed by atoms with E-state index in [9.17, 15) is 22.8 Å². The lowest BCUT2D eigenvalue weighted by molar-refractivity contribution is -0.138. The first-order valence-corrected chi connectivity index (χ1v) is 7.38. The molecule has 130 valence electrons. The first-order chi connectivity index (χ1) is 11.8. The lowest BCUT2D eigenvalue weighted by Gasteiger charge is -2.25. The summed E-state index contributed by atoms with van der Waals surface area (Å²) in [6.07, 6.45) is -4.95. The van der Waals surface area contributed by atoms with Crippen LogP contribution in [0.25, 0.3) is 0 Å². The van der Waals surface area contributed by atoms with Crippen molar-refractivity contribution in [3.05, 3.63) is 54.1 Å². The van der Waals surface area contributed by atoms with Crippen LogP contribution in [0.15, 0.2) is 48.5 Å². The Morgan fingerprint density at radius 3 is 2.56 bits per heavy atom. The van der Waals surface area contributed by atoms with Crippen molar-refractivity contribution in [1.29, 1.82) is 0 Å². The molecule has 2 aromatic carbocycles. The minimum absolute atomic E-state index is 0.339. The average molecular weight is 350 g/mol. The van der Waals surface area contributed by atoms with Gasteiger partial charge in [-0.05, 0) is 24.3 Å². The number of halogens is 3. The number of hydrogen-bond donors (Lipinski definition) is 2. The van der Waals surface area contributed by atoms with Crippen molar-refractivity contribution < 1.29 is 27.5 Å². The number of carbonyl (C=O) groups is 2. The highest BCUT2D eigenvalue weighted by Gasteiger charge is 2.34. The number of carbonyl (C=O) groups excluding carboxylic acids is 2. The molecule has 2 aromatic rings. The van der Waals surface area contributed by atoms with E-state index in [1.807, 2.05) is 0 Å². The number of ether oxygens (including phenoxy) is 1. The lowest BCUT2D eigenvalue weighted by atomic mass is 10.1. The smallest absolute Gasteiger partial charge is 0.418 e. The minimum Gasteiger partial charge on any atom is -0.423 e. The molecule has 1 heterocycles. The second-order valence-electron chi connectivity index (χ2n) is 5.41. The van der Waals surface area contributed by atoms with Crippen LogP contribution in [-0.2, 0) is 15.8 Å². The maximum atomic E-state index is 12.9. The molecule has 2 N–H and O–H groups in total. The van der Waals surface area contributed by atoms with Crippen molar-refractivity contribution in [2.45, 2.75) is 18.6 Å². The Hall–Kier alpha value is -3.03. The van der Waals surface area contributed by atoms with Crippen LogP contribution in [0.1, 0.15) is 12.0 Å². The molecule has 0 fully saturated rings. The standard InChI is InChI=1S/C17H13F3N2O3/c18-17(19,20)10-5-1-2-6-11(10)22-15(23)9-13-16(24)25-14-8-4-3-7-12(14)21-13/h1-8,13,21H,9H2,(H,22,23)/t13-/m0/s1. The largest absolute Gasteiger partial charge is 0.423 e. The summed E-state index contributed by atoms with van der Waals surface area (Å²) < 4.78 is 44.0. The van der Waals surface area contributed by atoms with Crippen molar-refractivity contribution in [3.8, 4) is 5.75 Å². The summed E-state index contributed by atoms with van der Waals surface area (Å²) in [6, 6.07) is 10.3. The fraction of sp³-hybridized carbons (Fsp3) is 0.176. The predicted octanol–water partition coefficient (Wildman–Crippen LogP) is 3.43. The molecule has 1 aliphatic heterocycles. The Morgan fingerprint density at radius 1 is 1.12 bits per heavy atom. The molecular weight excluding hydrogens is 337 g/mol. The molecule has 0 saturated carbocycles. The summed E-state index contributed by atoms with van der Waals surface area (Å²) >= 11 is 0. The fourth-order valence-electron chi connectivity index (χ4n) is 2.46. The molecule has 0 aromatic heterocycles. The molecule has 1 atom stereocenters. The Kier molecular flexibility index (Phi) is 4.35. The topological polar surface area (TPSA) is 67.4 Å². The zero-order valence-electron chi connectivity index (χ0n) is 12.8. The van der Waals surface area contributed by atoms with Crippen molar-refractivity contribution in [2.24, 2.45) is 0 Å². The molecular formula is C17H13F3N2O3. The van der Waals surface area contributed by atoms with E-state index in [0.29, 0.717) is 11.4 Å². The molecule has 3 rings (SSSR count). The van der Waals surface area contributed by atoms with Gasteiger partial charge in [-0.25, -0.2) is 4.79 Å². The third kappa shape index (κ3) is 3.73. The van der Waals surface area contributed by atoms with Crippen LogP contribution in [0.3, 0.4) is 0 Å². The maximum absolute atomic E-state index is 12.9. The average Bonchev–Trinajstić information content (AvgIpc) is 2.55. The number of para-hydroxylation sites is 3. The molecule has 0 saturated heterocycles. The Labute approximate surface area is 140 Å². The van der Waals surface area contributed by atoms with Crippen molar-refractivity contribution in [1.82, 2.24) is 0 Å². The minimum atomic E-state index is -4.59. The van der Waals surface area contributed by atoms with E-state index >= 15 is 0 Å². The predicted molar refractivity (Wildman–Crippen MR) is 84.2 cm³/mol. The van der Waals surface area contributed by atoms with Gasteiger partial charge in [-0.3, -0.25) is 4.79 Å². The number of alkyl halides is 3. The summed E-state index contributed by atoms with van der Waals surface area (Å²) in [5, 5.41) is 5.05. The summed E-state index contributed by atoms with van der Waals surface area (Å²) in [4.78, 5) is 24.0. The van der Waals surface area contributed by atoms with Gasteiger partial charge >= 0.3 is 12.1 Å². The molecule has 5 nitrogen and oxygen atoms in total. The number of rotatable bonds is 3. The van der Waals surface area contributed by atoms with Crippen LogP contribution >= 0.6 is 0 Å². The van der Waals surface area contributed by atoms with Crippen LogP contribution in [0, 0.1) is 0 Å². The van der Waals surface area contributed by atoms with Gasteiger partial charge in [-0.15, -0.1) is 0 Å². The molecule has 25 heavy (non-hydrogen) atoms. The number of anilines is 2. The van der Waals surface area contributed by atoms with Gasteiger partial charge in [0.2, 0.25) is 5.91 Å². The fourth-order valence-corrected chi connectivity index (χ4v) is 2.46. The molecule has 0 bridgehead atoms. The van der Waals surface area contributed by atoms with E-state index in [2.05, 4.69) is 10.6 Å². The lowest BCUT2D eigenvalue weighted by Crippen LogP contribution is -2.40. The van der Waals surface area contributed by atoms with Crippen LogP contribution in [0.5, 0.6) is 5.75 Å². The molecule has 1 aliphatic rings. The third-order valence-corrected chi connectivity index (χ3v) is 3.61. The number of amides is 1. The number of esters is 1. The van der Waals surface area contributed by atoms with Crippen LogP contribution in [-0.4, -0.2) is 17.9 Å². The normalized spacial score (nSPS) is 16.4. The van der Waals surface area contributed by atoms with E-state index in [4.69, 9.17) is 4.74 Å². The van der Waals surface area contributed by atoms with Gasteiger partial charge in [0, 0.05) is 0 Å². The van der Waals surface area contributed by atoms with E-state index in [0.717, 1.165) is 12.1 Å². The second kappa shape index (κ2) is 6.46. The van der Waals surface area contributed by atoms with Crippen LogP contribution in [0.4, 0.5) is 24.5 Å². The van der Waals surface area contributed by atoms with Gasteiger partial charge in [-0.2, -0.15) is 13.2 Å². The van der Waals surface area contributed by atoms with Crippen molar-refractivity contribution in [3.63, 3.8) is 0 Å². The van der Waals surface area contributed by atoms with Gasteiger partial charge in [0.05, 0.1) is 23.4 Å². The number of nitrogens with one attached hydrogen (secondary N) is 2. The highest BCUT2D eigenvalue weighted by atomic mass is 19.4. The molecule has 0 radical (unpaired) electrons.